The third-order valence-corrected chi connectivity index (χ3v) is 5.63. The number of ether oxygens (including phenoxy) is 1. The molecule has 1 aromatic heterocycles. The van der Waals surface area contributed by atoms with Crippen molar-refractivity contribution in [2.75, 3.05) is 18.5 Å². The first-order valence-electron chi connectivity index (χ1n) is 8.50. The molecule has 1 N–H and O–H groups in total. The molecule has 2 amide bonds. The van der Waals surface area contributed by atoms with E-state index in [1.54, 1.807) is 17.5 Å². The summed E-state index contributed by atoms with van der Waals surface area (Å²) < 4.78 is 5.84. The number of thiazole rings is 1. The van der Waals surface area contributed by atoms with Crippen molar-refractivity contribution < 1.29 is 9.53 Å². The Balaban J connectivity index is 1.43. The largest absolute Gasteiger partial charge is 0.374 e. The molecule has 2 fully saturated rings. The van der Waals surface area contributed by atoms with Crippen molar-refractivity contribution in [2.24, 2.45) is 0 Å². The Kier molecular flexibility index (Phi) is 4.49. The second kappa shape index (κ2) is 6.91. The van der Waals surface area contributed by atoms with Gasteiger partial charge in [0.15, 0.2) is 0 Å². The van der Waals surface area contributed by atoms with Crippen molar-refractivity contribution in [3.63, 3.8) is 0 Å². The number of urea groups is 1. The Morgan fingerprint density at radius 2 is 2.08 bits per heavy atom. The number of benzene rings is 1. The zero-order valence-electron chi connectivity index (χ0n) is 13.5. The minimum absolute atomic E-state index is 0.0165. The summed E-state index contributed by atoms with van der Waals surface area (Å²) in [7, 11) is 0. The number of aromatic nitrogens is 1. The molecule has 2 aliphatic rings. The van der Waals surface area contributed by atoms with Crippen LogP contribution in [-0.4, -0.2) is 41.2 Å². The van der Waals surface area contributed by atoms with Crippen LogP contribution in [0.15, 0.2) is 35.8 Å². The van der Waals surface area contributed by atoms with E-state index in [1.807, 2.05) is 34.5 Å². The van der Waals surface area contributed by atoms with Crippen molar-refractivity contribution in [1.82, 2.24) is 9.88 Å². The number of fused-ring (bicyclic) bond motifs is 1. The molecule has 126 valence electrons. The Bertz CT molecular complexity index is 685. The lowest BCUT2D eigenvalue weighted by Crippen LogP contribution is -2.55. The lowest BCUT2D eigenvalue weighted by molar-refractivity contribution is -0.0694. The Hall–Kier alpha value is -1.92. The second-order valence-corrected chi connectivity index (χ2v) is 7.19. The van der Waals surface area contributed by atoms with Gasteiger partial charge < -0.3 is 15.0 Å². The van der Waals surface area contributed by atoms with Gasteiger partial charge >= 0.3 is 6.03 Å². The van der Waals surface area contributed by atoms with E-state index >= 15 is 0 Å². The summed E-state index contributed by atoms with van der Waals surface area (Å²) in [6, 6.07) is 8.08. The summed E-state index contributed by atoms with van der Waals surface area (Å²) in [5.41, 5.74) is 1.89. The first-order valence-corrected chi connectivity index (χ1v) is 9.38. The minimum Gasteiger partial charge on any atom is -0.374 e. The van der Waals surface area contributed by atoms with Crippen LogP contribution in [0.2, 0.25) is 0 Å². The Morgan fingerprint density at radius 1 is 1.25 bits per heavy atom. The summed E-state index contributed by atoms with van der Waals surface area (Å²) in [5.74, 6) is 0. The lowest BCUT2D eigenvalue weighted by Gasteiger charge is -2.43. The molecule has 0 unspecified atom stereocenters. The number of hydrogen-bond acceptors (Lipinski definition) is 4. The normalized spacial score (nSPS) is 23.6. The summed E-state index contributed by atoms with van der Waals surface area (Å²) >= 11 is 1.61. The third kappa shape index (κ3) is 3.16. The Morgan fingerprint density at radius 3 is 2.88 bits per heavy atom. The van der Waals surface area contributed by atoms with Crippen molar-refractivity contribution in [1.29, 1.82) is 0 Å². The van der Waals surface area contributed by atoms with E-state index < -0.39 is 0 Å². The van der Waals surface area contributed by atoms with Crippen LogP contribution in [0, 0.1) is 0 Å². The standard InChI is InChI=1S/C18H21N3O2S/c22-18(21-10-11-23-16-4-2-1-3-15(16)21)20-14-7-5-13(6-8-14)17-19-9-12-24-17/h5-9,12,15-16H,1-4,10-11H2,(H,20,22)/t15-,16+/m0/s1. The number of amides is 2. The number of hydrogen-bond donors (Lipinski definition) is 1. The van der Waals surface area contributed by atoms with Crippen LogP contribution in [0.5, 0.6) is 0 Å². The number of nitrogens with zero attached hydrogens (tertiary/aromatic N) is 2. The van der Waals surface area contributed by atoms with E-state index in [9.17, 15) is 4.79 Å². The molecule has 6 heteroatoms. The van der Waals surface area contributed by atoms with Gasteiger partial charge in [-0.15, -0.1) is 11.3 Å². The van der Waals surface area contributed by atoms with Crippen LogP contribution in [0.1, 0.15) is 25.7 Å². The number of rotatable bonds is 2. The van der Waals surface area contributed by atoms with Gasteiger partial charge in [0.25, 0.3) is 0 Å². The molecule has 5 nitrogen and oxygen atoms in total. The van der Waals surface area contributed by atoms with Crippen molar-refractivity contribution in [2.45, 2.75) is 37.8 Å². The highest BCUT2D eigenvalue weighted by Gasteiger charge is 2.36. The summed E-state index contributed by atoms with van der Waals surface area (Å²) in [6.07, 6.45) is 6.50. The van der Waals surface area contributed by atoms with Crippen LogP contribution in [-0.2, 0) is 4.74 Å². The van der Waals surface area contributed by atoms with Gasteiger partial charge in [-0.3, -0.25) is 0 Å². The molecule has 0 radical (unpaired) electrons. The van der Waals surface area contributed by atoms with Crippen LogP contribution >= 0.6 is 11.3 Å². The van der Waals surface area contributed by atoms with Gasteiger partial charge in [-0.25, -0.2) is 9.78 Å². The molecule has 1 aliphatic carbocycles. The van der Waals surface area contributed by atoms with Gasteiger partial charge in [-0.1, -0.05) is 12.8 Å². The molecule has 0 spiro atoms. The number of anilines is 1. The highest BCUT2D eigenvalue weighted by molar-refractivity contribution is 7.13. The minimum atomic E-state index is -0.0165. The predicted octanol–water partition coefficient (Wildman–Crippen LogP) is 3.99. The van der Waals surface area contributed by atoms with E-state index in [1.165, 1.54) is 12.8 Å². The van der Waals surface area contributed by atoms with Gasteiger partial charge in [0, 0.05) is 29.4 Å². The van der Waals surface area contributed by atoms with E-state index in [2.05, 4.69) is 10.3 Å². The molecule has 1 aliphatic heterocycles. The Labute approximate surface area is 145 Å². The number of carbonyl (C=O) groups is 1. The fourth-order valence-corrected chi connectivity index (χ4v) is 4.25. The lowest BCUT2D eigenvalue weighted by atomic mass is 9.90. The average Bonchev–Trinajstić information content (AvgIpc) is 3.16. The van der Waals surface area contributed by atoms with Crippen molar-refractivity contribution in [3.05, 3.63) is 35.8 Å². The second-order valence-electron chi connectivity index (χ2n) is 6.30. The number of morpholine rings is 1. The van der Waals surface area contributed by atoms with Gasteiger partial charge in [0.1, 0.15) is 5.01 Å². The molecule has 2 heterocycles. The van der Waals surface area contributed by atoms with Gasteiger partial charge in [-0.05, 0) is 37.1 Å². The molecule has 1 saturated carbocycles. The summed E-state index contributed by atoms with van der Waals surface area (Å²) in [5, 5.41) is 5.99. The van der Waals surface area contributed by atoms with E-state index in [4.69, 9.17) is 4.74 Å². The van der Waals surface area contributed by atoms with E-state index in [0.717, 1.165) is 29.1 Å². The smallest absolute Gasteiger partial charge is 0.322 e. The van der Waals surface area contributed by atoms with E-state index in [0.29, 0.717) is 13.2 Å². The zero-order valence-corrected chi connectivity index (χ0v) is 14.3. The molecule has 2 aromatic rings. The van der Waals surface area contributed by atoms with Crippen molar-refractivity contribution in [3.8, 4) is 10.6 Å². The van der Waals surface area contributed by atoms with E-state index in [-0.39, 0.29) is 18.2 Å². The van der Waals surface area contributed by atoms with Crippen LogP contribution in [0.25, 0.3) is 10.6 Å². The highest BCUT2D eigenvalue weighted by atomic mass is 32.1. The maximum Gasteiger partial charge on any atom is 0.322 e. The molecular formula is C18H21N3O2S. The third-order valence-electron chi connectivity index (χ3n) is 4.81. The topological polar surface area (TPSA) is 54.5 Å². The van der Waals surface area contributed by atoms with Gasteiger partial charge in [0.05, 0.1) is 18.8 Å². The highest BCUT2D eigenvalue weighted by Crippen LogP contribution is 2.29. The zero-order chi connectivity index (χ0) is 16.4. The number of carbonyl (C=O) groups excluding carboxylic acids is 1. The quantitative estimate of drug-likeness (QED) is 0.897. The van der Waals surface area contributed by atoms with Crippen LogP contribution < -0.4 is 5.32 Å². The van der Waals surface area contributed by atoms with Crippen LogP contribution in [0.3, 0.4) is 0 Å². The summed E-state index contributed by atoms with van der Waals surface area (Å²) in [6.45, 7) is 1.31. The molecule has 1 aromatic carbocycles. The molecular weight excluding hydrogens is 322 g/mol. The van der Waals surface area contributed by atoms with Crippen LogP contribution in [0.4, 0.5) is 10.5 Å². The first kappa shape index (κ1) is 15.6. The maximum absolute atomic E-state index is 12.7. The SMILES string of the molecule is O=C(Nc1ccc(-c2nccs2)cc1)N1CCO[C@@H]2CCCC[C@@H]21. The molecule has 4 rings (SSSR count). The van der Waals surface area contributed by atoms with Crippen molar-refractivity contribution >= 4 is 23.1 Å². The van der Waals surface area contributed by atoms with Gasteiger partial charge in [0.2, 0.25) is 0 Å². The summed E-state index contributed by atoms with van der Waals surface area (Å²) in [4.78, 5) is 19.0. The monoisotopic (exact) mass is 343 g/mol. The molecule has 1 saturated heterocycles. The molecule has 2 atom stereocenters. The maximum atomic E-state index is 12.7. The first-order chi connectivity index (χ1) is 11.8. The average molecular weight is 343 g/mol. The van der Waals surface area contributed by atoms with Gasteiger partial charge in [-0.2, -0.15) is 0 Å². The fourth-order valence-electron chi connectivity index (χ4n) is 3.61. The fraction of sp³-hybridized carbons (Fsp3) is 0.444. The predicted molar refractivity (Wildman–Crippen MR) is 95.3 cm³/mol. The molecule has 0 bridgehead atoms. The molecule has 24 heavy (non-hydrogen) atoms. The number of nitrogens with one attached hydrogen (secondary N) is 1.